The van der Waals surface area contributed by atoms with Crippen LogP contribution in [0.2, 0.25) is 5.02 Å². The molecule has 0 unspecified atom stereocenters. The highest BCUT2D eigenvalue weighted by Gasteiger charge is 2.10. The second-order valence-electron chi connectivity index (χ2n) is 2.75. The fourth-order valence-electron chi connectivity index (χ4n) is 0.975. The normalized spacial score (nSPS) is 10.1. The number of Topliss-reactive ketones (excluding diaryl/α,β-unsaturated/α-hetero) is 1. The van der Waals surface area contributed by atoms with Gasteiger partial charge >= 0.3 is 0 Å². The minimum atomic E-state index is -0.210. The first-order valence-corrected chi connectivity index (χ1v) is 4.62. The fraction of sp³-hybridized carbons (Fsp3) is 0.222. The van der Waals surface area contributed by atoms with Gasteiger partial charge in [-0.2, -0.15) is 0 Å². The molecule has 0 heterocycles. The molecule has 0 atom stereocenters. The van der Waals surface area contributed by atoms with E-state index in [1.54, 1.807) is 12.1 Å². The Bertz CT molecular complexity index is 350. The van der Waals surface area contributed by atoms with Crippen LogP contribution in [0.15, 0.2) is 12.1 Å². The van der Waals surface area contributed by atoms with E-state index in [9.17, 15) is 4.79 Å². The van der Waals surface area contributed by atoms with E-state index in [-0.39, 0.29) is 11.7 Å². The SMILES string of the molecule is Cc1cc(Cl)c(C(=O)CCl)cc1N. The molecule has 0 fully saturated rings. The Hall–Kier alpha value is -0.730. The molecule has 0 aliphatic heterocycles. The first-order valence-electron chi connectivity index (χ1n) is 3.71. The van der Waals surface area contributed by atoms with Crippen LogP contribution in [-0.2, 0) is 0 Å². The van der Waals surface area contributed by atoms with Gasteiger partial charge in [0.1, 0.15) is 0 Å². The lowest BCUT2D eigenvalue weighted by Gasteiger charge is -2.05. The van der Waals surface area contributed by atoms with Gasteiger partial charge in [0.2, 0.25) is 0 Å². The average molecular weight is 218 g/mol. The van der Waals surface area contributed by atoms with Crippen LogP contribution in [0.5, 0.6) is 0 Å². The van der Waals surface area contributed by atoms with Gasteiger partial charge in [-0.15, -0.1) is 11.6 Å². The molecular weight excluding hydrogens is 209 g/mol. The van der Waals surface area contributed by atoms with Gasteiger partial charge in [0.05, 0.1) is 10.9 Å². The molecule has 0 saturated heterocycles. The number of anilines is 1. The zero-order chi connectivity index (χ0) is 10.0. The third-order valence-electron chi connectivity index (χ3n) is 1.78. The van der Waals surface area contributed by atoms with Gasteiger partial charge in [0.25, 0.3) is 0 Å². The summed E-state index contributed by atoms with van der Waals surface area (Å²) in [6.07, 6.45) is 0. The Labute approximate surface area is 86.6 Å². The van der Waals surface area contributed by atoms with Crippen molar-refractivity contribution < 1.29 is 4.79 Å². The number of benzene rings is 1. The number of carbonyl (C=O) groups is 1. The molecule has 1 rings (SSSR count). The summed E-state index contributed by atoms with van der Waals surface area (Å²) in [5, 5.41) is 0.400. The molecule has 4 heteroatoms. The zero-order valence-corrected chi connectivity index (χ0v) is 8.62. The molecule has 0 spiro atoms. The molecule has 1 aromatic carbocycles. The van der Waals surface area contributed by atoms with E-state index in [2.05, 4.69) is 0 Å². The van der Waals surface area contributed by atoms with E-state index >= 15 is 0 Å². The molecule has 13 heavy (non-hydrogen) atoms. The molecule has 0 aliphatic carbocycles. The predicted molar refractivity (Wildman–Crippen MR) is 55.7 cm³/mol. The maximum absolute atomic E-state index is 11.2. The summed E-state index contributed by atoms with van der Waals surface area (Å²) in [4.78, 5) is 11.2. The number of nitrogens with two attached hydrogens (primary N) is 1. The minimum absolute atomic E-state index is 0.0811. The fourth-order valence-corrected chi connectivity index (χ4v) is 1.44. The summed E-state index contributed by atoms with van der Waals surface area (Å²) >= 11 is 11.2. The van der Waals surface area contributed by atoms with Crippen molar-refractivity contribution >= 4 is 34.7 Å². The highest BCUT2D eigenvalue weighted by molar-refractivity contribution is 6.37. The van der Waals surface area contributed by atoms with Crippen LogP contribution in [0, 0.1) is 6.92 Å². The predicted octanol–water partition coefficient (Wildman–Crippen LogP) is 2.65. The first-order chi connectivity index (χ1) is 6.06. The molecule has 0 radical (unpaired) electrons. The zero-order valence-electron chi connectivity index (χ0n) is 7.10. The summed E-state index contributed by atoms with van der Waals surface area (Å²) in [5.41, 5.74) is 7.43. The van der Waals surface area contributed by atoms with Gasteiger partial charge in [-0.1, -0.05) is 11.6 Å². The molecule has 0 amide bonds. The molecule has 2 N–H and O–H groups in total. The lowest BCUT2D eigenvalue weighted by molar-refractivity contribution is 0.102. The highest BCUT2D eigenvalue weighted by atomic mass is 35.5. The Morgan fingerprint density at radius 3 is 2.69 bits per heavy atom. The lowest BCUT2D eigenvalue weighted by atomic mass is 10.1. The topological polar surface area (TPSA) is 43.1 Å². The van der Waals surface area contributed by atoms with Crippen molar-refractivity contribution in [1.29, 1.82) is 0 Å². The smallest absolute Gasteiger partial charge is 0.179 e. The van der Waals surface area contributed by atoms with Crippen LogP contribution in [0.25, 0.3) is 0 Å². The molecule has 2 nitrogen and oxygen atoms in total. The average Bonchev–Trinajstić information content (AvgIpc) is 2.10. The van der Waals surface area contributed by atoms with Crippen LogP contribution in [0.1, 0.15) is 15.9 Å². The van der Waals surface area contributed by atoms with Crippen LogP contribution in [0.3, 0.4) is 0 Å². The minimum Gasteiger partial charge on any atom is -0.398 e. The molecule has 0 aliphatic rings. The number of nitrogen functional groups attached to an aromatic ring is 1. The largest absolute Gasteiger partial charge is 0.398 e. The second kappa shape index (κ2) is 3.99. The van der Waals surface area contributed by atoms with E-state index in [1.807, 2.05) is 6.92 Å². The summed E-state index contributed by atoms with van der Waals surface area (Å²) in [7, 11) is 0. The quantitative estimate of drug-likeness (QED) is 0.471. The molecule has 0 saturated carbocycles. The van der Waals surface area contributed by atoms with Crippen molar-refractivity contribution in [3.63, 3.8) is 0 Å². The van der Waals surface area contributed by atoms with Gasteiger partial charge in [-0.25, -0.2) is 0 Å². The maximum atomic E-state index is 11.2. The Morgan fingerprint density at radius 2 is 2.15 bits per heavy atom. The maximum Gasteiger partial charge on any atom is 0.179 e. The van der Waals surface area contributed by atoms with E-state index in [0.717, 1.165) is 5.56 Å². The Kier molecular flexibility index (Phi) is 3.17. The van der Waals surface area contributed by atoms with Gasteiger partial charge < -0.3 is 5.73 Å². The first kappa shape index (κ1) is 10.4. The third kappa shape index (κ3) is 2.14. The third-order valence-corrected chi connectivity index (χ3v) is 2.33. The van der Waals surface area contributed by atoms with Gasteiger partial charge in [-0.3, -0.25) is 4.79 Å². The van der Waals surface area contributed by atoms with E-state index in [0.29, 0.717) is 16.3 Å². The number of rotatable bonds is 2. The number of aryl methyl sites for hydroxylation is 1. The van der Waals surface area contributed by atoms with E-state index < -0.39 is 0 Å². The van der Waals surface area contributed by atoms with Gasteiger partial charge in [0, 0.05) is 11.3 Å². The van der Waals surface area contributed by atoms with Gasteiger partial charge in [-0.05, 0) is 24.6 Å². The van der Waals surface area contributed by atoms with E-state index in [1.165, 1.54) is 0 Å². The summed E-state index contributed by atoms with van der Waals surface area (Å²) < 4.78 is 0. The summed E-state index contributed by atoms with van der Waals surface area (Å²) in [5.74, 6) is -0.291. The van der Waals surface area contributed by atoms with Crippen LogP contribution in [0.4, 0.5) is 5.69 Å². The van der Waals surface area contributed by atoms with Crippen molar-refractivity contribution in [2.45, 2.75) is 6.92 Å². The summed E-state index contributed by atoms with van der Waals surface area (Å²) in [6, 6.07) is 3.22. The van der Waals surface area contributed by atoms with Crippen LogP contribution in [-0.4, -0.2) is 11.7 Å². The van der Waals surface area contributed by atoms with Crippen molar-refractivity contribution in [2.24, 2.45) is 0 Å². The second-order valence-corrected chi connectivity index (χ2v) is 3.42. The van der Waals surface area contributed by atoms with Crippen molar-refractivity contribution in [3.05, 3.63) is 28.3 Å². The number of halogens is 2. The van der Waals surface area contributed by atoms with Crippen LogP contribution >= 0.6 is 23.2 Å². The van der Waals surface area contributed by atoms with Crippen molar-refractivity contribution in [3.8, 4) is 0 Å². The number of carbonyl (C=O) groups excluding carboxylic acids is 1. The molecule has 0 bridgehead atoms. The van der Waals surface area contributed by atoms with Crippen molar-refractivity contribution in [1.82, 2.24) is 0 Å². The van der Waals surface area contributed by atoms with E-state index in [4.69, 9.17) is 28.9 Å². The molecule has 70 valence electrons. The molecule has 1 aromatic rings. The summed E-state index contributed by atoms with van der Waals surface area (Å²) in [6.45, 7) is 1.83. The molecular formula is C9H9Cl2NO. The standard InChI is InChI=1S/C9H9Cl2NO/c1-5-2-7(11)6(3-8(5)12)9(13)4-10/h2-3H,4,12H2,1H3. The van der Waals surface area contributed by atoms with Crippen molar-refractivity contribution in [2.75, 3.05) is 11.6 Å². The van der Waals surface area contributed by atoms with Gasteiger partial charge in [0.15, 0.2) is 5.78 Å². The Balaban J connectivity index is 3.23. The number of hydrogen-bond acceptors (Lipinski definition) is 2. The number of ketones is 1. The van der Waals surface area contributed by atoms with Crippen LogP contribution < -0.4 is 5.73 Å². The number of hydrogen-bond donors (Lipinski definition) is 1. The molecule has 0 aromatic heterocycles. The Morgan fingerprint density at radius 1 is 1.54 bits per heavy atom. The highest BCUT2D eigenvalue weighted by Crippen LogP contribution is 2.23. The lowest BCUT2D eigenvalue weighted by Crippen LogP contribution is -2.03. The monoisotopic (exact) mass is 217 g/mol. The number of alkyl halides is 1.